The minimum absolute atomic E-state index is 0.0242. The molecule has 0 saturated carbocycles. The molecule has 0 spiro atoms. The zero-order valence-electron chi connectivity index (χ0n) is 9.81. The summed E-state index contributed by atoms with van der Waals surface area (Å²) in [6.45, 7) is -0.0242. The van der Waals surface area contributed by atoms with Crippen LogP contribution < -0.4 is 10.1 Å². The molecule has 0 saturated heterocycles. The van der Waals surface area contributed by atoms with Gasteiger partial charge in [0.2, 0.25) is 11.8 Å². The lowest BCUT2D eigenvalue weighted by Crippen LogP contribution is -2.25. The van der Waals surface area contributed by atoms with Crippen LogP contribution >= 0.6 is 11.8 Å². The van der Waals surface area contributed by atoms with E-state index in [1.54, 1.807) is 11.8 Å². The van der Waals surface area contributed by atoms with Gasteiger partial charge in [-0.25, -0.2) is 4.98 Å². The normalized spacial score (nSPS) is 12.2. The third-order valence-electron chi connectivity index (χ3n) is 2.13. The first kappa shape index (κ1) is 14.0. The molecule has 1 aromatic rings. The molecule has 0 unspecified atom stereocenters. The quantitative estimate of drug-likeness (QED) is 0.767. The summed E-state index contributed by atoms with van der Waals surface area (Å²) in [5.41, 5.74) is 0. The van der Waals surface area contributed by atoms with Crippen LogP contribution in [0.4, 0.5) is 10.3 Å². The maximum Gasteiger partial charge on any atom is 0.255 e. The monoisotopic (exact) mass is 261 g/mol. The molecular weight excluding hydrogens is 245 g/mol. The Morgan fingerprint density at radius 3 is 3.00 bits per heavy atom. The van der Waals surface area contributed by atoms with E-state index in [0.717, 1.165) is 18.4 Å². The van der Waals surface area contributed by atoms with Crippen LogP contribution in [0.25, 0.3) is 0 Å². The van der Waals surface area contributed by atoms with Crippen molar-refractivity contribution in [1.82, 2.24) is 9.97 Å². The van der Waals surface area contributed by atoms with Gasteiger partial charge in [0.1, 0.15) is 0 Å². The molecule has 0 aliphatic rings. The Labute approximate surface area is 104 Å². The van der Waals surface area contributed by atoms with E-state index < -0.39 is 5.82 Å². The largest absolute Gasteiger partial charge is 0.479 e. The number of hydrogen-bond donors (Lipinski definition) is 2. The van der Waals surface area contributed by atoms with Crippen LogP contribution in [0, 0.1) is 5.82 Å². The van der Waals surface area contributed by atoms with Gasteiger partial charge in [0, 0.05) is 0 Å². The van der Waals surface area contributed by atoms with Crippen LogP contribution in [-0.4, -0.2) is 46.8 Å². The van der Waals surface area contributed by atoms with E-state index in [-0.39, 0.29) is 24.5 Å². The summed E-state index contributed by atoms with van der Waals surface area (Å²) in [4.78, 5) is 7.64. The topological polar surface area (TPSA) is 67.3 Å². The van der Waals surface area contributed by atoms with E-state index in [1.807, 2.05) is 6.26 Å². The summed E-state index contributed by atoms with van der Waals surface area (Å²) in [6.07, 6.45) is 3.81. The number of aliphatic hydroxyl groups is 1. The molecule has 2 N–H and O–H groups in total. The van der Waals surface area contributed by atoms with Crippen molar-refractivity contribution in [2.75, 3.05) is 31.0 Å². The molecule has 1 heterocycles. The fourth-order valence-electron chi connectivity index (χ4n) is 1.22. The van der Waals surface area contributed by atoms with Gasteiger partial charge in [-0.3, -0.25) is 0 Å². The molecule has 0 aliphatic carbocycles. The van der Waals surface area contributed by atoms with Crippen LogP contribution in [0.2, 0.25) is 0 Å². The standard InChI is InChI=1S/C10H16FN3O2S/c1-16-9-8(11)5-12-10(14-9)13-7(6-15)3-4-17-2/h5,7,15H,3-4,6H2,1-2H3,(H,12,13,14)/t7-/m0/s1. The first-order valence-corrected chi connectivity index (χ1v) is 6.53. The Morgan fingerprint density at radius 2 is 2.41 bits per heavy atom. The van der Waals surface area contributed by atoms with Crippen molar-refractivity contribution >= 4 is 17.7 Å². The molecule has 5 nitrogen and oxygen atoms in total. The number of aliphatic hydroxyl groups excluding tert-OH is 1. The number of nitrogens with zero attached hydrogens (tertiary/aromatic N) is 2. The zero-order valence-corrected chi connectivity index (χ0v) is 10.6. The van der Waals surface area contributed by atoms with Gasteiger partial charge in [0.05, 0.1) is 26.0 Å². The molecule has 17 heavy (non-hydrogen) atoms. The third-order valence-corrected chi connectivity index (χ3v) is 2.77. The summed E-state index contributed by atoms with van der Waals surface area (Å²) >= 11 is 1.69. The number of nitrogens with one attached hydrogen (secondary N) is 1. The molecule has 7 heteroatoms. The van der Waals surface area contributed by atoms with E-state index in [2.05, 4.69) is 15.3 Å². The molecule has 0 aromatic carbocycles. The maximum absolute atomic E-state index is 13.1. The highest BCUT2D eigenvalue weighted by Gasteiger charge is 2.11. The maximum atomic E-state index is 13.1. The Morgan fingerprint density at radius 1 is 1.65 bits per heavy atom. The lowest BCUT2D eigenvalue weighted by atomic mass is 10.2. The molecule has 0 aliphatic heterocycles. The van der Waals surface area contributed by atoms with Crippen molar-refractivity contribution in [2.24, 2.45) is 0 Å². The predicted octanol–water partition coefficient (Wildman–Crippen LogP) is 1.15. The first-order chi connectivity index (χ1) is 8.21. The van der Waals surface area contributed by atoms with Gasteiger partial charge in [-0.1, -0.05) is 0 Å². The minimum atomic E-state index is -0.609. The Kier molecular flexibility index (Phi) is 5.99. The zero-order chi connectivity index (χ0) is 12.7. The number of methoxy groups -OCH3 is 1. The molecule has 1 atom stereocenters. The smallest absolute Gasteiger partial charge is 0.255 e. The highest BCUT2D eigenvalue weighted by molar-refractivity contribution is 7.98. The van der Waals surface area contributed by atoms with Gasteiger partial charge in [-0.15, -0.1) is 0 Å². The molecule has 0 radical (unpaired) electrons. The average molecular weight is 261 g/mol. The van der Waals surface area contributed by atoms with Gasteiger partial charge in [0.25, 0.3) is 5.88 Å². The number of anilines is 1. The van der Waals surface area contributed by atoms with Gasteiger partial charge in [-0.05, 0) is 18.4 Å². The number of hydrogen-bond acceptors (Lipinski definition) is 6. The first-order valence-electron chi connectivity index (χ1n) is 5.14. The number of ether oxygens (including phenoxy) is 1. The van der Waals surface area contributed by atoms with E-state index >= 15 is 0 Å². The fourth-order valence-corrected chi connectivity index (χ4v) is 1.74. The Balaban J connectivity index is 2.65. The second-order valence-corrected chi connectivity index (χ2v) is 4.34. The predicted molar refractivity (Wildman–Crippen MR) is 66.0 cm³/mol. The molecule has 96 valence electrons. The van der Waals surface area contributed by atoms with E-state index in [0.29, 0.717) is 0 Å². The molecule has 0 bridgehead atoms. The average Bonchev–Trinajstić information content (AvgIpc) is 2.36. The number of aromatic nitrogens is 2. The Hall–Kier alpha value is -1.08. The lowest BCUT2D eigenvalue weighted by molar-refractivity contribution is 0.271. The van der Waals surface area contributed by atoms with Crippen molar-refractivity contribution in [3.05, 3.63) is 12.0 Å². The Bertz CT molecular complexity index is 354. The molecular formula is C10H16FN3O2S. The number of thioether (sulfide) groups is 1. The SMILES string of the molecule is COc1nc(N[C@H](CO)CCSC)ncc1F. The van der Waals surface area contributed by atoms with Crippen molar-refractivity contribution in [1.29, 1.82) is 0 Å². The van der Waals surface area contributed by atoms with Crippen LogP contribution in [0.1, 0.15) is 6.42 Å². The van der Waals surface area contributed by atoms with E-state index in [4.69, 9.17) is 9.84 Å². The van der Waals surface area contributed by atoms with Crippen molar-refractivity contribution in [3.63, 3.8) is 0 Å². The lowest BCUT2D eigenvalue weighted by Gasteiger charge is -2.15. The molecule has 1 aromatic heterocycles. The molecule has 0 amide bonds. The van der Waals surface area contributed by atoms with E-state index in [9.17, 15) is 4.39 Å². The van der Waals surface area contributed by atoms with Crippen molar-refractivity contribution < 1.29 is 14.2 Å². The van der Waals surface area contributed by atoms with Crippen LogP contribution in [0.5, 0.6) is 5.88 Å². The van der Waals surface area contributed by atoms with Crippen molar-refractivity contribution in [2.45, 2.75) is 12.5 Å². The van der Waals surface area contributed by atoms with Crippen LogP contribution in [0.3, 0.4) is 0 Å². The minimum Gasteiger partial charge on any atom is -0.479 e. The van der Waals surface area contributed by atoms with Gasteiger partial charge in [-0.2, -0.15) is 21.1 Å². The summed E-state index contributed by atoms with van der Waals surface area (Å²) in [6, 6.07) is -0.141. The summed E-state index contributed by atoms with van der Waals surface area (Å²) < 4.78 is 17.8. The van der Waals surface area contributed by atoms with Gasteiger partial charge < -0.3 is 15.2 Å². The van der Waals surface area contributed by atoms with Gasteiger partial charge in [0.15, 0.2) is 0 Å². The van der Waals surface area contributed by atoms with Crippen molar-refractivity contribution in [3.8, 4) is 5.88 Å². The highest BCUT2D eigenvalue weighted by Crippen LogP contribution is 2.14. The summed E-state index contributed by atoms with van der Waals surface area (Å²) in [5.74, 6) is 0.450. The molecule has 0 fully saturated rings. The number of halogens is 1. The second kappa shape index (κ2) is 7.29. The van der Waals surface area contributed by atoms with Gasteiger partial charge >= 0.3 is 0 Å². The molecule has 1 rings (SSSR count). The fraction of sp³-hybridized carbons (Fsp3) is 0.600. The van der Waals surface area contributed by atoms with E-state index in [1.165, 1.54) is 7.11 Å². The number of rotatable bonds is 7. The highest BCUT2D eigenvalue weighted by atomic mass is 32.2. The summed E-state index contributed by atoms with van der Waals surface area (Å²) in [7, 11) is 1.34. The second-order valence-electron chi connectivity index (χ2n) is 3.36. The third kappa shape index (κ3) is 4.35. The van der Waals surface area contributed by atoms with Crippen LogP contribution in [0.15, 0.2) is 6.20 Å². The van der Waals surface area contributed by atoms with Crippen LogP contribution in [-0.2, 0) is 0 Å². The summed E-state index contributed by atoms with van der Waals surface area (Å²) in [5, 5.41) is 12.1.